The molecule has 3 heteroatoms. The van der Waals surface area contributed by atoms with Crippen LogP contribution in [0.25, 0.3) is 0 Å². The predicted molar refractivity (Wildman–Crippen MR) is 90.7 cm³/mol. The van der Waals surface area contributed by atoms with Gasteiger partial charge in [-0.1, -0.05) is 48.5 Å². The normalized spacial score (nSPS) is 21.7. The number of hydrogen-bond acceptors (Lipinski definition) is 1. The Morgan fingerprint density at radius 2 is 1.87 bits per heavy atom. The van der Waals surface area contributed by atoms with Crippen molar-refractivity contribution in [3.63, 3.8) is 0 Å². The summed E-state index contributed by atoms with van der Waals surface area (Å²) >= 11 is 0. The minimum atomic E-state index is -1.64. The van der Waals surface area contributed by atoms with E-state index in [4.69, 9.17) is 0 Å². The highest BCUT2D eigenvalue weighted by Crippen LogP contribution is 2.35. The Hall–Kier alpha value is -2.55. The van der Waals surface area contributed by atoms with E-state index in [0.29, 0.717) is 18.4 Å². The van der Waals surface area contributed by atoms with Crippen molar-refractivity contribution in [2.45, 2.75) is 24.9 Å². The van der Waals surface area contributed by atoms with Crippen molar-refractivity contribution in [3.8, 4) is 0 Å². The summed E-state index contributed by atoms with van der Waals surface area (Å²) < 4.78 is 15.4. The van der Waals surface area contributed by atoms with Crippen molar-refractivity contribution in [2.24, 2.45) is 4.99 Å². The molecule has 0 fully saturated rings. The maximum absolute atomic E-state index is 15.4. The highest BCUT2D eigenvalue weighted by Gasteiger charge is 2.40. The third kappa shape index (κ3) is 3.00. The maximum Gasteiger partial charge on any atom is 0.277 e. The molecule has 2 aromatic carbocycles. The molecule has 1 aliphatic carbocycles. The number of hydrogen-bond donors (Lipinski definition) is 0. The molecule has 2 aromatic rings. The fourth-order valence-corrected chi connectivity index (χ4v) is 3.00. The van der Waals surface area contributed by atoms with Crippen LogP contribution in [0.3, 0.4) is 0 Å². The molecule has 0 bridgehead atoms. The van der Waals surface area contributed by atoms with Gasteiger partial charge < -0.3 is 0 Å². The van der Waals surface area contributed by atoms with Crippen LogP contribution in [0.2, 0.25) is 0 Å². The van der Waals surface area contributed by atoms with Gasteiger partial charge in [0.25, 0.3) is 5.91 Å². The largest absolute Gasteiger partial charge is 0.277 e. The van der Waals surface area contributed by atoms with E-state index in [9.17, 15) is 4.79 Å². The van der Waals surface area contributed by atoms with Gasteiger partial charge >= 0.3 is 0 Å². The Morgan fingerprint density at radius 3 is 2.61 bits per heavy atom. The Labute approximate surface area is 135 Å². The van der Waals surface area contributed by atoms with E-state index in [2.05, 4.69) is 11.6 Å². The van der Waals surface area contributed by atoms with Gasteiger partial charge in [0.05, 0.1) is 5.71 Å². The molecule has 1 atom stereocenters. The second kappa shape index (κ2) is 6.29. The standard InChI is InChI=1S/C20H18FNO/c1-2-13-20(21)14-12-15-8-6-7-11-17(15)18(20)22-19(23)16-9-4-3-5-10-16/h2-11H,1,12-14H2/b22-18-. The number of benzene rings is 2. The average Bonchev–Trinajstić information content (AvgIpc) is 2.58. The smallest absolute Gasteiger partial charge is 0.267 e. The van der Waals surface area contributed by atoms with E-state index >= 15 is 4.39 Å². The van der Waals surface area contributed by atoms with Gasteiger partial charge in [-0.2, -0.15) is 0 Å². The van der Waals surface area contributed by atoms with Gasteiger partial charge in [0.2, 0.25) is 0 Å². The van der Waals surface area contributed by atoms with E-state index in [1.807, 2.05) is 30.3 Å². The number of rotatable bonds is 3. The molecule has 1 aliphatic rings. The van der Waals surface area contributed by atoms with Crippen LogP contribution < -0.4 is 0 Å². The van der Waals surface area contributed by atoms with Crippen molar-refractivity contribution in [2.75, 3.05) is 0 Å². The number of aryl methyl sites for hydroxylation is 1. The first-order valence-corrected chi connectivity index (χ1v) is 7.71. The van der Waals surface area contributed by atoms with Gasteiger partial charge in [0, 0.05) is 17.5 Å². The molecule has 3 rings (SSSR count). The van der Waals surface area contributed by atoms with E-state index in [-0.39, 0.29) is 12.1 Å². The fourth-order valence-electron chi connectivity index (χ4n) is 3.00. The average molecular weight is 307 g/mol. The number of nitrogens with zero attached hydrogens (tertiary/aromatic N) is 1. The van der Waals surface area contributed by atoms with E-state index in [1.54, 1.807) is 30.3 Å². The van der Waals surface area contributed by atoms with Crippen LogP contribution >= 0.6 is 0 Å². The molecular weight excluding hydrogens is 289 g/mol. The van der Waals surface area contributed by atoms with Gasteiger partial charge in [-0.25, -0.2) is 9.38 Å². The second-order valence-corrected chi connectivity index (χ2v) is 5.75. The molecule has 2 nitrogen and oxygen atoms in total. The topological polar surface area (TPSA) is 29.4 Å². The minimum absolute atomic E-state index is 0.155. The van der Waals surface area contributed by atoms with Crippen LogP contribution in [0, 0.1) is 0 Å². The summed E-state index contributed by atoms with van der Waals surface area (Å²) in [6.07, 6.45) is 2.66. The highest BCUT2D eigenvalue weighted by molar-refractivity contribution is 6.15. The van der Waals surface area contributed by atoms with Gasteiger partial charge in [-0.3, -0.25) is 4.79 Å². The minimum Gasteiger partial charge on any atom is -0.267 e. The predicted octanol–water partition coefficient (Wildman–Crippen LogP) is 4.55. The summed E-state index contributed by atoms with van der Waals surface area (Å²) in [5, 5.41) is 0. The summed E-state index contributed by atoms with van der Waals surface area (Å²) in [7, 11) is 0. The van der Waals surface area contributed by atoms with E-state index in [0.717, 1.165) is 11.1 Å². The van der Waals surface area contributed by atoms with Crippen LogP contribution in [0.4, 0.5) is 4.39 Å². The number of carbonyl (C=O) groups excluding carboxylic acids is 1. The van der Waals surface area contributed by atoms with Crippen molar-refractivity contribution in [3.05, 3.63) is 83.9 Å². The summed E-state index contributed by atoms with van der Waals surface area (Å²) in [4.78, 5) is 16.6. The van der Waals surface area contributed by atoms with Crippen LogP contribution in [0.1, 0.15) is 34.3 Å². The molecule has 1 amide bonds. The number of fused-ring (bicyclic) bond motifs is 1. The molecule has 0 radical (unpaired) electrons. The monoisotopic (exact) mass is 307 g/mol. The fraction of sp³-hybridized carbons (Fsp3) is 0.200. The van der Waals surface area contributed by atoms with Gasteiger partial charge in [0.1, 0.15) is 0 Å². The summed E-state index contributed by atoms with van der Waals surface area (Å²) in [5.41, 5.74) is 0.814. The van der Waals surface area contributed by atoms with Crippen molar-refractivity contribution in [1.82, 2.24) is 0 Å². The van der Waals surface area contributed by atoms with Crippen LogP contribution in [-0.2, 0) is 6.42 Å². The number of allylic oxidation sites excluding steroid dienone is 1. The molecular formula is C20H18FNO. The first kappa shape index (κ1) is 15.3. The lowest BCUT2D eigenvalue weighted by Crippen LogP contribution is -2.39. The summed E-state index contributed by atoms with van der Waals surface area (Å²) in [6.45, 7) is 3.65. The third-order valence-electron chi connectivity index (χ3n) is 4.19. The number of aliphatic imine (C=N–C) groups is 1. The zero-order valence-corrected chi connectivity index (χ0v) is 12.8. The Kier molecular flexibility index (Phi) is 4.20. The zero-order chi connectivity index (χ0) is 16.3. The first-order chi connectivity index (χ1) is 11.1. The van der Waals surface area contributed by atoms with Crippen molar-refractivity contribution >= 4 is 11.6 Å². The zero-order valence-electron chi connectivity index (χ0n) is 12.8. The number of alkyl halides is 1. The number of amides is 1. The molecule has 0 saturated heterocycles. The molecule has 0 aliphatic heterocycles. The van der Waals surface area contributed by atoms with E-state index < -0.39 is 11.6 Å². The van der Waals surface area contributed by atoms with Gasteiger partial charge in [-0.15, -0.1) is 6.58 Å². The molecule has 116 valence electrons. The van der Waals surface area contributed by atoms with Crippen LogP contribution in [0.5, 0.6) is 0 Å². The summed E-state index contributed by atoms with van der Waals surface area (Å²) in [6, 6.07) is 16.3. The van der Waals surface area contributed by atoms with Crippen LogP contribution in [0.15, 0.2) is 72.2 Å². The second-order valence-electron chi connectivity index (χ2n) is 5.75. The molecule has 0 heterocycles. The van der Waals surface area contributed by atoms with Gasteiger partial charge in [-0.05, 0) is 30.5 Å². The van der Waals surface area contributed by atoms with Crippen LogP contribution in [-0.4, -0.2) is 17.3 Å². The molecule has 0 aromatic heterocycles. The Morgan fingerprint density at radius 1 is 1.17 bits per heavy atom. The third-order valence-corrected chi connectivity index (χ3v) is 4.19. The maximum atomic E-state index is 15.4. The summed E-state index contributed by atoms with van der Waals surface area (Å²) in [5.74, 6) is -0.414. The Balaban J connectivity index is 2.09. The molecule has 0 saturated carbocycles. The first-order valence-electron chi connectivity index (χ1n) is 7.71. The lowest BCUT2D eigenvalue weighted by molar-refractivity contribution is 0.0999. The lowest BCUT2D eigenvalue weighted by atomic mass is 9.78. The molecule has 0 spiro atoms. The molecule has 1 unspecified atom stereocenters. The van der Waals surface area contributed by atoms with E-state index in [1.165, 1.54) is 0 Å². The number of halogens is 1. The van der Waals surface area contributed by atoms with Crippen molar-refractivity contribution in [1.29, 1.82) is 0 Å². The lowest BCUT2D eigenvalue weighted by Gasteiger charge is -2.32. The number of carbonyl (C=O) groups is 1. The Bertz CT molecular complexity index is 766. The van der Waals surface area contributed by atoms with Crippen molar-refractivity contribution < 1.29 is 9.18 Å². The van der Waals surface area contributed by atoms with Gasteiger partial charge in [0.15, 0.2) is 5.67 Å². The SMILES string of the molecule is C=CCC1(F)CCc2ccccc2/C1=N/C(=O)c1ccccc1. The highest BCUT2D eigenvalue weighted by atomic mass is 19.1. The molecule has 0 N–H and O–H groups in total. The quantitative estimate of drug-likeness (QED) is 0.765. The molecule has 23 heavy (non-hydrogen) atoms.